The number of halogens is 1. The third kappa shape index (κ3) is 3.95. The predicted molar refractivity (Wildman–Crippen MR) is 69.6 cm³/mol. The maximum absolute atomic E-state index is 11.7. The maximum Gasteiger partial charge on any atom is 0.150 e. The van der Waals surface area contributed by atoms with E-state index in [2.05, 4.69) is 0 Å². The molecule has 88 valence electrons. The Bertz CT molecular complexity index is 494. The Hall–Kier alpha value is -1.19. The van der Waals surface area contributed by atoms with E-state index < -0.39 is 0 Å². The summed E-state index contributed by atoms with van der Waals surface area (Å²) in [6.07, 6.45) is 1.92. The molecule has 0 aliphatic heterocycles. The molecule has 1 heterocycles. The van der Waals surface area contributed by atoms with Crippen LogP contribution in [0.25, 0.3) is 0 Å². The molecule has 0 aliphatic rings. The fourth-order valence-electron chi connectivity index (χ4n) is 1.38. The minimum Gasteiger partial charge on any atom is -0.469 e. The first kappa shape index (κ1) is 12.3. The summed E-state index contributed by atoms with van der Waals surface area (Å²) in [5.41, 5.74) is 0. The van der Waals surface area contributed by atoms with E-state index in [-0.39, 0.29) is 5.78 Å². The summed E-state index contributed by atoms with van der Waals surface area (Å²) < 4.78 is 5.12. The largest absolute Gasteiger partial charge is 0.469 e. The number of carbonyl (C=O) groups excluding carboxylic acids is 1. The van der Waals surface area contributed by atoms with Gasteiger partial charge in [-0.3, -0.25) is 4.79 Å². The Balaban J connectivity index is 1.84. The molecule has 0 radical (unpaired) electrons. The highest BCUT2D eigenvalue weighted by Gasteiger charge is 2.06. The number of ketones is 1. The lowest BCUT2D eigenvalue weighted by Crippen LogP contribution is -2.04. The van der Waals surface area contributed by atoms with Crippen LogP contribution in [0, 0.1) is 0 Å². The molecule has 0 amide bonds. The average molecular weight is 267 g/mol. The molecule has 0 atom stereocenters. The van der Waals surface area contributed by atoms with Crippen LogP contribution in [0.1, 0.15) is 5.76 Å². The van der Waals surface area contributed by atoms with E-state index in [9.17, 15) is 4.79 Å². The molecule has 2 rings (SSSR count). The second kappa shape index (κ2) is 5.94. The first-order chi connectivity index (χ1) is 8.24. The summed E-state index contributed by atoms with van der Waals surface area (Å²) in [4.78, 5) is 12.7. The molecule has 0 unspecified atom stereocenters. The molecule has 2 aromatic rings. The highest BCUT2D eigenvalue weighted by atomic mass is 35.5. The second-order valence-electron chi connectivity index (χ2n) is 3.54. The first-order valence-electron chi connectivity index (χ1n) is 5.16. The Labute approximate surface area is 109 Å². The quantitative estimate of drug-likeness (QED) is 0.771. The van der Waals surface area contributed by atoms with Gasteiger partial charge < -0.3 is 4.42 Å². The molecule has 1 aromatic heterocycles. The topological polar surface area (TPSA) is 30.2 Å². The van der Waals surface area contributed by atoms with Gasteiger partial charge in [0, 0.05) is 9.92 Å². The van der Waals surface area contributed by atoms with Gasteiger partial charge in [0.25, 0.3) is 0 Å². The Kier molecular flexibility index (Phi) is 4.29. The highest BCUT2D eigenvalue weighted by molar-refractivity contribution is 8.00. The smallest absolute Gasteiger partial charge is 0.150 e. The number of rotatable bonds is 5. The van der Waals surface area contributed by atoms with Gasteiger partial charge in [-0.05, 0) is 30.3 Å². The van der Waals surface area contributed by atoms with Gasteiger partial charge in [-0.2, -0.15) is 0 Å². The Morgan fingerprint density at radius 3 is 2.88 bits per heavy atom. The van der Waals surface area contributed by atoms with Crippen molar-refractivity contribution in [2.75, 3.05) is 5.75 Å². The van der Waals surface area contributed by atoms with Gasteiger partial charge in [-0.1, -0.05) is 17.7 Å². The molecule has 0 spiro atoms. The van der Waals surface area contributed by atoms with Crippen LogP contribution in [0.5, 0.6) is 0 Å². The van der Waals surface area contributed by atoms with Gasteiger partial charge in [0.1, 0.15) is 5.76 Å². The molecule has 17 heavy (non-hydrogen) atoms. The molecule has 0 fully saturated rings. The van der Waals surface area contributed by atoms with E-state index in [1.807, 2.05) is 30.3 Å². The van der Waals surface area contributed by atoms with E-state index in [0.717, 1.165) is 4.90 Å². The highest BCUT2D eigenvalue weighted by Crippen LogP contribution is 2.21. The van der Waals surface area contributed by atoms with Crippen LogP contribution in [-0.2, 0) is 11.2 Å². The van der Waals surface area contributed by atoms with Crippen molar-refractivity contribution < 1.29 is 9.21 Å². The minimum absolute atomic E-state index is 0.143. The normalized spacial score (nSPS) is 10.4. The zero-order chi connectivity index (χ0) is 12.1. The monoisotopic (exact) mass is 266 g/mol. The average Bonchev–Trinajstić information content (AvgIpc) is 2.79. The van der Waals surface area contributed by atoms with Crippen molar-refractivity contribution in [3.63, 3.8) is 0 Å². The van der Waals surface area contributed by atoms with Crippen molar-refractivity contribution in [3.05, 3.63) is 53.4 Å². The zero-order valence-electron chi connectivity index (χ0n) is 9.06. The van der Waals surface area contributed by atoms with Crippen LogP contribution in [0.4, 0.5) is 0 Å². The molecule has 0 saturated heterocycles. The number of hydrogen-bond acceptors (Lipinski definition) is 3. The summed E-state index contributed by atoms with van der Waals surface area (Å²) in [7, 11) is 0. The van der Waals surface area contributed by atoms with Gasteiger partial charge in [0.15, 0.2) is 5.78 Å². The molecule has 0 N–H and O–H groups in total. The van der Waals surface area contributed by atoms with Crippen molar-refractivity contribution in [1.29, 1.82) is 0 Å². The zero-order valence-corrected chi connectivity index (χ0v) is 10.6. The number of benzene rings is 1. The number of Topliss-reactive ketones (excluding diaryl/α,β-unsaturated/α-hetero) is 1. The SMILES string of the molecule is O=C(CSc1cccc(Cl)c1)Cc1ccco1. The summed E-state index contributed by atoms with van der Waals surface area (Å²) in [6.45, 7) is 0. The third-order valence-electron chi connectivity index (χ3n) is 2.15. The number of thioether (sulfide) groups is 1. The molecule has 4 heteroatoms. The van der Waals surface area contributed by atoms with Crippen LogP contribution in [0.2, 0.25) is 5.02 Å². The molecule has 0 saturated carbocycles. The van der Waals surface area contributed by atoms with E-state index in [4.69, 9.17) is 16.0 Å². The fraction of sp³-hybridized carbons (Fsp3) is 0.154. The van der Waals surface area contributed by atoms with E-state index in [1.54, 1.807) is 12.3 Å². The predicted octanol–water partition coefficient (Wildman–Crippen LogP) is 3.84. The molecule has 1 aromatic carbocycles. The van der Waals surface area contributed by atoms with Crippen LogP contribution in [-0.4, -0.2) is 11.5 Å². The molecule has 2 nitrogen and oxygen atoms in total. The van der Waals surface area contributed by atoms with Gasteiger partial charge in [-0.15, -0.1) is 11.8 Å². The molecule has 0 aliphatic carbocycles. The molecular weight excluding hydrogens is 256 g/mol. The lowest BCUT2D eigenvalue weighted by molar-refractivity contribution is -0.116. The fourth-order valence-corrected chi connectivity index (χ4v) is 2.45. The van der Waals surface area contributed by atoms with Crippen molar-refractivity contribution >= 4 is 29.1 Å². The van der Waals surface area contributed by atoms with Crippen molar-refractivity contribution in [2.24, 2.45) is 0 Å². The number of hydrogen-bond donors (Lipinski definition) is 0. The first-order valence-corrected chi connectivity index (χ1v) is 6.53. The van der Waals surface area contributed by atoms with E-state index in [1.165, 1.54) is 11.8 Å². The van der Waals surface area contributed by atoms with Crippen LogP contribution in [0.15, 0.2) is 52.0 Å². The summed E-state index contributed by atoms with van der Waals surface area (Å²) in [5, 5.41) is 0.688. The van der Waals surface area contributed by atoms with Gasteiger partial charge in [-0.25, -0.2) is 0 Å². The van der Waals surface area contributed by atoms with Crippen LogP contribution < -0.4 is 0 Å². The van der Waals surface area contributed by atoms with Crippen LogP contribution >= 0.6 is 23.4 Å². The Morgan fingerprint density at radius 1 is 1.29 bits per heavy atom. The molecule has 0 bridgehead atoms. The summed E-state index contributed by atoms with van der Waals surface area (Å²) >= 11 is 7.35. The summed E-state index contributed by atoms with van der Waals surface area (Å²) in [5.74, 6) is 1.28. The second-order valence-corrected chi connectivity index (χ2v) is 5.03. The molecular formula is C13H11ClO2S. The van der Waals surface area contributed by atoms with Gasteiger partial charge >= 0.3 is 0 Å². The third-order valence-corrected chi connectivity index (χ3v) is 3.44. The van der Waals surface area contributed by atoms with Crippen molar-refractivity contribution in [2.45, 2.75) is 11.3 Å². The number of furan rings is 1. The number of carbonyl (C=O) groups is 1. The van der Waals surface area contributed by atoms with E-state index >= 15 is 0 Å². The standard InChI is InChI=1S/C13H11ClO2S/c14-10-3-1-5-13(7-10)17-9-11(15)8-12-4-2-6-16-12/h1-7H,8-9H2. The minimum atomic E-state index is 0.143. The van der Waals surface area contributed by atoms with E-state index in [0.29, 0.717) is 23.0 Å². The van der Waals surface area contributed by atoms with Crippen molar-refractivity contribution in [3.8, 4) is 0 Å². The van der Waals surface area contributed by atoms with Crippen LogP contribution in [0.3, 0.4) is 0 Å². The lowest BCUT2D eigenvalue weighted by Gasteiger charge is -2.00. The Morgan fingerprint density at radius 2 is 2.18 bits per heavy atom. The van der Waals surface area contributed by atoms with Gasteiger partial charge in [0.05, 0.1) is 18.4 Å². The maximum atomic E-state index is 11.7. The van der Waals surface area contributed by atoms with Gasteiger partial charge in [0.2, 0.25) is 0 Å². The summed E-state index contributed by atoms with van der Waals surface area (Å²) in [6, 6.07) is 11.1. The lowest BCUT2D eigenvalue weighted by atomic mass is 10.2. The van der Waals surface area contributed by atoms with Crippen molar-refractivity contribution in [1.82, 2.24) is 0 Å².